The van der Waals surface area contributed by atoms with Gasteiger partial charge in [0.25, 0.3) is 5.91 Å². The van der Waals surface area contributed by atoms with E-state index in [9.17, 15) is 9.59 Å². The summed E-state index contributed by atoms with van der Waals surface area (Å²) in [6.45, 7) is 9.54. The van der Waals surface area contributed by atoms with E-state index in [-0.39, 0.29) is 5.91 Å². The minimum absolute atomic E-state index is 0.00672. The molecule has 0 unspecified atom stereocenters. The molecule has 32 heavy (non-hydrogen) atoms. The van der Waals surface area contributed by atoms with E-state index in [1.807, 2.05) is 79.4 Å². The van der Waals surface area contributed by atoms with Gasteiger partial charge in [0.05, 0.1) is 0 Å². The summed E-state index contributed by atoms with van der Waals surface area (Å²) in [6.07, 6.45) is 1.30. The van der Waals surface area contributed by atoms with Crippen LogP contribution >= 0.6 is 0 Å². The molecule has 3 aromatic rings. The van der Waals surface area contributed by atoms with Crippen LogP contribution in [0.2, 0.25) is 0 Å². The Bertz CT molecular complexity index is 1180. The molecule has 4 rings (SSSR count). The van der Waals surface area contributed by atoms with Crippen molar-refractivity contribution in [2.24, 2.45) is 0 Å². The minimum atomic E-state index is -0.00672. The second-order valence-corrected chi connectivity index (χ2v) is 8.35. The molecule has 162 valence electrons. The Morgan fingerprint density at radius 2 is 1.75 bits per heavy atom. The van der Waals surface area contributed by atoms with Gasteiger partial charge in [-0.1, -0.05) is 55.1 Å². The van der Waals surface area contributed by atoms with Gasteiger partial charge in [0, 0.05) is 30.6 Å². The quantitative estimate of drug-likeness (QED) is 0.469. The predicted molar refractivity (Wildman–Crippen MR) is 126 cm³/mol. The summed E-state index contributed by atoms with van der Waals surface area (Å²) in [6, 6.07) is 19.9. The van der Waals surface area contributed by atoms with Crippen molar-refractivity contribution in [2.75, 3.05) is 0 Å². The van der Waals surface area contributed by atoms with Crippen LogP contribution in [0, 0.1) is 6.92 Å². The molecular weight excluding hydrogens is 398 g/mol. The topological polar surface area (TPSA) is 46.6 Å². The van der Waals surface area contributed by atoms with Crippen molar-refractivity contribution in [2.45, 2.75) is 40.0 Å². The third-order valence-electron chi connectivity index (χ3n) is 5.85. The smallest absolute Gasteiger partial charge is 0.254 e. The van der Waals surface area contributed by atoms with Crippen LogP contribution in [-0.4, -0.2) is 17.1 Å². The predicted octanol–water partition coefficient (Wildman–Crippen LogP) is 5.50. The average Bonchev–Trinajstić information content (AvgIpc) is 3.21. The van der Waals surface area contributed by atoms with Gasteiger partial charge < -0.3 is 14.4 Å². The van der Waals surface area contributed by atoms with Gasteiger partial charge in [-0.3, -0.25) is 4.79 Å². The Morgan fingerprint density at radius 1 is 1.00 bits per heavy atom. The van der Waals surface area contributed by atoms with E-state index in [0.717, 1.165) is 51.0 Å². The Hall–Kier alpha value is -3.66. The van der Waals surface area contributed by atoms with Crippen LogP contribution in [0.25, 0.3) is 5.57 Å². The first kappa shape index (κ1) is 21.6. The monoisotopic (exact) mass is 425 g/mol. The normalized spacial score (nSPS) is 12.4. The summed E-state index contributed by atoms with van der Waals surface area (Å²) >= 11 is 0. The molecule has 4 heteroatoms. The van der Waals surface area contributed by atoms with E-state index in [0.29, 0.717) is 31.7 Å². The van der Waals surface area contributed by atoms with Crippen LogP contribution in [0.15, 0.2) is 67.2 Å². The Balaban J connectivity index is 1.56. The maximum Gasteiger partial charge on any atom is 0.254 e. The van der Waals surface area contributed by atoms with Gasteiger partial charge in [-0.2, -0.15) is 0 Å². The Morgan fingerprint density at radius 3 is 2.47 bits per heavy atom. The minimum Gasteiger partial charge on any atom is -0.488 e. The second-order valence-electron chi connectivity index (χ2n) is 8.35. The van der Waals surface area contributed by atoms with Crippen molar-refractivity contribution in [1.82, 2.24) is 4.90 Å². The summed E-state index contributed by atoms with van der Waals surface area (Å²) in [7, 11) is 0. The number of amides is 1. The number of nitrogens with zero attached hydrogens (tertiary/aromatic N) is 1. The number of allylic oxidation sites excluding steroid dienone is 1. The van der Waals surface area contributed by atoms with E-state index in [1.54, 1.807) is 0 Å². The van der Waals surface area contributed by atoms with E-state index in [4.69, 9.17) is 4.74 Å². The lowest BCUT2D eigenvalue weighted by Gasteiger charge is -2.20. The highest BCUT2D eigenvalue weighted by Gasteiger charge is 2.26. The summed E-state index contributed by atoms with van der Waals surface area (Å²) in [5.41, 5.74) is 7.55. The van der Waals surface area contributed by atoms with Crippen molar-refractivity contribution >= 4 is 17.8 Å². The molecule has 0 atom stereocenters. The van der Waals surface area contributed by atoms with Gasteiger partial charge in [0.1, 0.15) is 18.6 Å². The summed E-state index contributed by atoms with van der Waals surface area (Å²) in [4.78, 5) is 26.1. The van der Waals surface area contributed by atoms with Gasteiger partial charge in [0.15, 0.2) is 0 Å². The summed E-state index contributed by atoms with van der Waals surface area (Å²) < 4.78 is 6.10. The van der Waals surface area contributed by atoms with Crippen molar-refractivity contribution in [1.29, 1.82) is 0 Å². The van der Waals surface area contributed by atoms with E-state index in [1.165, 1.54) is 0 Å². The molecule has 0 N–H and O–H groups in total. The number of ether oxygens (including phenoxy) is 1. The van der Waals surface area contributed by atoms with E-state index in [2.05, 4.69) is 6.58 Å². The number of fused-ring (bicyclic) bond motifs is 1. The molecule has 1 heterocycles. The van der Waals surface area contributed by atoms with Crippen molar-refractivity contribution in [3.05, 3.63) is 106 Å². The molecule has 0 aliphatic carbocycles. The fourth-order valence-electron chi connectivity index (χ4n) is 4.09. The molecule has 1 aliphatic heterocycles. The number of hydrogen-bond donors (Lipinski definition) is 0. The highest BCUT2D eigenvalue weighted by molar-refractivity contribution is 5.97. The first-order valence-corrected chi connectivity index (χ1v) is 10.8. The fourth-order valence-corrected chi connectivity index (χ4v) is 4.09. The Kier molecular flexibility index (Phi) is 6.22. The lowest BCUT2D eigenvalue weighted by molar-refractivity contribution is -0.107. The van der Waals surface area contributed by atoms with Crippen LogP contribution in [0.3, 0.4) is 0 Å². The van der Waals surface area contributed by atoms with Gasteiger partial charge in [-0.05, 0) is 59.4 Å². The highest BCUT2D eigenvalue weighted by Crippen LogP contribution is 2.32. The lowest BCUT2D eigenvalue weighted by atomic mass is 9.99. The molecule has 3 aromatic carbocycles. The standard InChI is InChI=1S/C28H27NO3/c1-19(2)25-15-26(20(3)13-27(25)32-18-22-7-5-4-6-8-22)28(31)29-16-23-10-9-21(11-12-30)14-24(23)17-29/h4-10,12-15H,1,11,16-18H2,2-3H3. The number of rotatable bonds is 7. The maximum absolute atomic E-state index is 13.4. The largest absolute Gasteiger partial charge is 0.488 e. The molecule has 1 aliphatic rings. The van der Waals surface area contributed by atoms with Gasteiger partial charge in [-0.25, -0.2) is 0 Å². The first-order chi connectivity index (χ1) is 15.5. The maximum atomic E-state index is 13.4. The fraction of sp³-hybridized carbons (Fsp3) is 0.214. The summed E-state index contributed by atoms with van der Waals surface area (Å²) in [5.74, 6) is 0.728. The lowest BCUT2D eigenvalue weighted by Crippen LogP contribution is -2.26. The molecular formula is C28H27NO3. The zero-order chi connectivity index (χ0) is 22.7. The average molecular weight is 426 g/mol. The summed E-state index contributed by atoms with van der Waals surface area (Å²) in [5, 5.41) is 0. The van der Waals surface area contributed by atoms with E-state index < -0.39 is 0 Å². The molecule has 0 bridgehead atoms. The number of aldehydes is 1. The molecule has 0 saturated heterocycles. The Labute approximate surface area is 189 Å². The molecule has 0 fully saturated rings. The molecule has 0 aromatic heterocycles. The molecule has 1 amide bonds. The van der Waals surface area contributed by atoms with E-state index >= 15 is 0 Å². The van der Waals surface area contributed by atoms with Gasteiger partial charge >= 0.3 is 0 Å². The number of aryl methyl sites for hydroxylation is 1. The van der Waals surface area contributed by atoms with Crippen LogP contribution in [0.1, 0.15) is 50.7 Å². The molecule has 0 saturated carbocycles. The van der Waals surface area contributed by atoms with Gasteiger partial charge in [-0.15, -0.1) is 0 Å². The number of hydrogen-bond acceptors (Lipinski definition) is 3. The third-order valence-corrected chi connectivity index (χ3v) is 5.85. The number of carbonyl (C=O) groups excluding carboxylic acids is 2. The molecule has 0 radical (unpaired) electrons. The highest BCUT2D eigenvalue weighted by atomic mass is 16.5. The number of benzene rings is 3. The van der Waals surface area contributed by atoms with Crippen LogP contribution in [-0.2, 0) is 30.9 Å². The third kappa shape index (κ3) is 4.50. The zero-order valence-electron chi connectivity index (χ0n) is 18.6. The number of carbonyl (C=O) groups is 2. The first-order valence-electron chi connectivity index (χ1n) is 10.8. The van der Waals surface area contributed by atoms with Crippen LogP contribution in [0.5, 0.6) is 5.75 Å². The SMILES string of the molecule is C=C(C)c1cc(C(=O)N2Cc3ccc(CC=O)cc3C2)c(C)cc1OCc1ccccc1. The van der Waals surface area contributed by atoms with Crippen LogP contribution < -0.4 is 4.74 Å². The molecule has 0 spiro atoms. The van der Waals surface area contributed by atoms with Crippen LogP contribution in [0.4, 0.5) is 0 Å². The van der Waals surface area contributed by atoms with Crippen molar-refractivity contribution in [3.63, 3.8) is 0 Å². The van der Waals surface area contributed by atoms with Gasteiger partial charge in [0.2, 0.25) is 0 Å². The molecule has 4 nitrogen and oxygen atoms in total. The zero-order valence-corrected chi connectivity index (χ0v) is 18.6. The van der Waals surface area contributed by atoms with Crippen molar-refractivity contribution < 1.29 is 14.3 Å². The second kappa shape index (κ2) is 9.23. The van der Waals surface area contributed by atoms with Crippen molar-refractivity contribution in [3.8, 4) is 5.75 Å².